The first-order chi connectivity index (χ1) is 14.6. The standard InChI is InChI=1S/C22H18N6OS/c1-4-12-9-14(21(23-3)28-27-12)16-6-5-13-15(26-16)7-8-17-18(13)19-20(30-17)22(29)25-11(2)10-24-19/h1,5-9,11,24H,10H2,2-3H3,(H,23,28)(H,25,29)/t11-/m1/s1. The van der Waals surface area contributed by atoms with Crippen molar-refractivity contribution in [3.8, 4) is 23.6 Å². The van der Waals surface area contributed by atoms with Crippen LogP contribution in [0, 0.1) is 12.3 Å². The van der Waals surface area contributed by atoms with Crippen LogP contribution in [0.15, 0.2) is 30.3 Å². The number of hydrogen-bond donors (Lipinski definition) is 3. The predicted molar refractivity (Wildman–Crippen MR) is 121 cm³/mol. The lowest BCUT2D eigenvalue weighted by atomic mass is 10.1. The number of amides is 1. The Morgan fingerprint density at radius 3 is 2.93 bits per heavy atom. The summed E-state index contributed by atoms with van der Waals surface area (Å²) in [4.78, 5) is 18.2. The Kier molecular flexibility index (Phi) is 4.26. The predicted octanol–water partition coefficient (Wildman–Crippen LogP) is 3.47. The highest BCUT2D eigenvalue weighted by molar-refractivity contribution is 7.21. The van der Waals surface area contributed by atoms with Crippen molar-refractivity contribution in [2.24, 2.45) is 0 Å². The van der Waals surface area contributed by atoms with Crippen molar-refractivity contribution < 1.29 is 4.79 Å². The number of thiophene rings is 1. The monoisotopic (exact) mass is 414 g/mol. The summed E-state index contributed by atoms with van der Waals surface area (Å²) >= 11 is 1.50. The molecule has 0 radical (unpaired) electrons. The Morgan fingerprint density at radius 1 is 1.27 bits per heavy atom. The largest absolute Gasteiger partial charge is 0.381 e. The van der Waals surface area contributed by atoms with E-state index in [2.05, 4.69) is 32.1 Å². The number of terminal acetylenes is 1. The van der Waals surface area contributed by atoms with Crippen LogP contribution in [0.2, 0.25) is 0 Å². The molecular weight excluding hydrogens is 396 g/mol. The van der Waals surface area contributed by atoms with Gasteiger partial charge >= 0.3 is 0 Å². The highest BCUT2D eigenvalue weighted by Gasteiger charge is 2.24. The molecule has 148 valence electrons. The number of hydrogen-bond acceptors (Lipinski definition) is 7. The second kappa shape index (κ2) is 6.97. The van der Waals surface area contributed by atoms with Gasteiger partial charge in [-0.15, -0.1) is 28.0 Å². The molecule has 0 fully saturated rings. The van der Waals surface area contributed by atoms with Crippen LogP contribution >= 0.6 is 11.3 Å². The van der Waals surface area contributed by atoms with Crippen LogP contribution in [0.1, 0.15) is 22.3 Å². The van der Waals surface area contributed by atoms with Crippen LogP contribution in [0.25, 0.3) is 32.2 Å². The summed E-state index contributed by atoms with van der Waals surface area (Å²) in [5.41, 5.74) is 3.71. The van der Waals surface area contributed by atoms with Crippen LogP contribution < -0.4 is 16.0 Å². The SMILES string of the molecule is C#Cc1cc(-c2ccc3c(ccc4sc5c(c43)NC[C@@H](C)NC5=O)n2)c(NC)nn1. The van der Waals surface area contributed by atoms with Crippen molar-refractivity contribution in [2.45, 2.75) is 13.0 Å². The van der Waals surface area contributed by atoms with E-state index in [1.807, 2.05) is 31.2 Å². The van der Waals surface area contributed by atoms with Crippen molar-refractivity contribution in [3.05, 3.63) is 40.9 Å². The van der Waals surface area contributed by atoms with E-state index >= 15 is 0 Å². The van der Waals surface area contributed by atoms with Crippen molar-refractivity contribution >= 4 is 49.7 Å². The van der Waals surface area contributed by atoms with Crippen LogP contribution in [0.5, 0.6) is 0 Å². The van der Waals surface area contributed by atoms with Crippen LogP contribution in [0.4, 0.5) is 11.5 Å². The number of carbonyl (C=O) groups excluding carboxylic acids is 1. The number of nitrogens with zero attached hydrogens (tertiary/aromatic N) is 3. The maximum absolute atomic E-state index is 12.6. The smallest absolute Gasteiger partial charge is 0.263 e. The summed E-state index contributed by atoms with van der Waals surface area (Å²) in [7, 11) is 1.78. The molecule has 1 aliphatic heterocycles. The Morgan fingerprint density at radius 2 is 2.13 bits per heavy atom. The van der Waals surface area contributed by atoms with Gasteiger partial charge in [0.05, 0.1) is 16.9 Å². The molecule has 0 saturated carbocycles. The molecule has 0 aliphatic carbocycles. The molecule has 7 nitrogen and oxygen atoms in total. The van der Waals surface area contributed by atoms with Crippen molar-refractivity contribution in [1.29, 1.82) is 0 Å². The first-order valence-electron chi connectivity index (χ1n) is 9.52. The van der Waals surface area contributed by atoms with E-state index in [0.29, 0.717) is 22.9 Å². The van der Waals surface area contributed by atoms with Crippen LogP contribution in [-0.2, 0) is 0 Å². The van der Waals surface area contributed by atoms with Crippen LogP contribution in [-0.4, -0.2) is 40.7 Å². The van der Waals surface area contributed by atoms with Gasteiger partial charge in [0.15, 0.2) is 5.82 Å². The van der Waals surface area contributed by atoms with Gasteiger partial charge in [-0.05, 0) is 43.2 Å². The lowest BCUT2D eigenvalue weighted by molar-refractivity contribution is 0.0949. The minimum Gasteiger partial charge on any atom is -0.381 e. The third-order valence-corrected chi connectivity index (χ3v) is 6.30. The number of anilines is 2. The van der Waals surface area contributed by atoms with Gasteiger partial charge in [-0.3, -0.25) is 4.79 Å². The first-order valence-corrected chi connectivity index (χ1v) is 10.3. The summed E-state index contributed by atoms with van der Waals surface area (Å²) in [5.74, 6) is 3.09. The van der Waals surface area contributed by atoms with E-state index in [0.717, 1.165) is 37.9 Å². The maximum atomic E-state index is 12.6. The second-order valence-corrected chi connectivity index (χ2v) is 8.20. The van der Waals surface area contributed by atoms with Gasteiger partial charge < -0.3 is 16.0 Å². The molecule has 1 atom stereocenters. The number of rotatable bonds is 2. The Balaban J connectivity index is 1.72. The Hall–Kier alpha value is -3.70. The fraction of sp³-hybridized carbons (Fsp3) is 0.182. The molecule has 3 aromatic heterocycles. The number of carbonyl (C=O) groups is 1. The van der Waals surface area contributed by atoms with Crippen LogP contribution in [0.3, 0.4) is 0 Å². The molecule has 0 bridgehead atoms. The minimum absolute atomic E-state index is 0.0373. The topological polar surface area (TPSA) is 91.8 Å². The maximum Gasteiger partial charge on any atom is 0.263 e. The average Bonchev–Trinajstić information content (AvgIpc) is 3.09. The normalized spacial score (nSPS) is 15.8. The molecule has 0 spiro atoms. The summed E-state index contributed by atoms with van der Waals surface area (Å²) < 4.78 is 1.05. The summed E-state index contributed by atoms with van der Waals surface area (Å²) in [6.45, 7) is 2.66. The summed E-state index contributed by atoms with van der Waals surface area (Å²) in [6, 6.07) is 9.85. The zero-order chi connectivity index (χ0) is 20.8. The quantitative estimate of drug-likeness (QED) is 0.435. The van der Waals surface area contributed by atoms with Gasteiger partial charge in [-0.1, -0.05) is 0 Å². The molecule has 1 aliphatic rings. The molecular formula is C22H18N6OS. The molecule has 0 saturated heterocycles. The zero-order valence-electron chi connectivity index (χ0n) is 16.4. The molecule has 4 heterocycles. The number of pyridine rings is 1. The number of aromatic nitrogens is 3. The van der Waals surface area contributed by atoms with Crippen molar-refractivity contribution in [1.82, 2.24) is 20.5 Å². The fourth-order valence-corrected chi connectivity index (χ4v) is 4.82. The van der Waals surface area contributed by atoms with E-state index in [1.165, 1.54) is 11.3 Å². The lowest BCUT2D eigenvalue weighted by Gasteiger charge is -2.11. The van der Waals surface area contributed by atoms with E-state index in [1.54, 1.807) is 13.1 Å². The number of nitrogens with one attached hydrogen (secondary N) is 3. The third-order valence-electron chi connectivity index (χ3n) is 5.15. The molecule has 1 aromatic carbocycles. The lowest BCUT2D eigenvalue weighted by Crippen LogP contribution is -2.34. The fourth-order valence-electron chi connectivity index (χ4n) is 3.72. The first kappa shape index (κ1) is 18.3. The van der Waals surface area contributed by atoms with Gasteiger partial charge in [0.2, 0.25) is 0 Å². The summed E-state index contributed by atoms with van der Waals surface area (Å²) in [5, 5.41) is 19.7. The molecule has 4 aromatic rings. The van der Waals surface area contributed by atoms with Crippen molar-refractivity contribution in [3.63, 3.8) is 0 Å². The third kappa shape index (κ3) is 2.83. The van der Waals surface area contributed by atoms with Gasteiger partial charge in [-0.25, -0.2) is 4.98 Å². The highest BCUT2D eigenvalue weighted by Crippen LogP contribution is 2.41. The minimum atomic E-state index is -0.0373. The van der Waals surface area contributed by atoms with E-state index in [-0.39, 0.29) is 11.9 Å². The van der Waals surface area contributed by atoms with Gasteiger partial charge in [0, 0.05) is 40.7 Å². The summed E-state index contributed by atoms with van der Waals surface area (Å²) in [6.07, 6.45) is 5.50. The molecule has 30 heavy (non-hydrogen) atoms. The number of fused-ring (bicyclic) bond motifs is 5. The molecule has 1 amide bonds. The van der Waals surface area contributed by atoms with Crippen molar-refractivity contribution in [2.75, 3.05) is 24.2 Å². The zero-order valence-corrected chi connectivity index (χ0v) is 17.2. The van der Waals surface area contributed by atoms with Gasteiger partial charge in [0.25, 0.3) is 5.91 Å². The average molecular weight is 414 g/mol. The van der Waals surface area contributed by atoms with Gasteiger partial charge in [-0.2, -0.15) is 0 Å². The second-order valence-electron chi connectivity index (χ2n) is 7.15. The molecule has 5 rings (SSSR count). The highest BCUT2D eigenvalue weighted by atomic mass is 32.1. The van der Waals surface area contributed by atoms with E-state index < -0.39 is 0 Å². The molecule has 8 heteroatoms. The number of benzene rings is 1. The Bertz CT molecular complexity index is 1370. The Labute approximate surface area is 176 Å². The van der Waals surface area contributed by atoms with Gasteiger partial charge in [0.1, 0.15) is 10.6 Å². The molecule has 0 unspecified atom stereocenters. The molecule has 3 N–H and O–H groups in total. The van der Waals surface area contributed by atoms with E-state index in [9.17, 15) is 4.79 Å². The van der Waals surface area contributed by atoms with E-state index in [4.69, 9.17) is 11.4 Å².